The smallest absolute Gasteiger partial charge is 0.348 e. The third kappa shape index (κ3) is 5.47. The van der Waals surface area contributed by atoms with Crippen LogP contribution in [-0.4, -0.2) is 32.7 Å². The van der Waals surface area contributed by atoms with E-state index >= 15 is 0 Å². The first-order valence-corrected chi connectivity index (χ1v) is 9.64. The molecule has 7 heteroatoms. The van der Waals surface area contributed by atoms with Gasteiger partial charge in [0.2, 0.25) is 0 Å². The Balaban J connectivity index is 1.96. The van der Waals surface area contributed by atoms with E-state index in [0.717, 1.165) is 19.3 Å². The molecule has 1 heterocycles. The number of thiophene rings is 1. The van der Waals surface area contributed by atoms with Crippen molar-refractivity contribution in [1.82, 2.24) is 0 Å². The van der Waals surface area contributed by atoms with E-state index in [2.05, 4.69) is 19.2 Å². The Bertz CT molecular complexity index is 800. The summed E-state index contributed by atoms with van der Waals surface area (Å²) in [7, 11) is 3.05. The molecule has 0 spiro atoms. The van der Waals surface area contributed by atoms with Crippen LogP contribution in [0.1, 0.15) is 40.4 Å². The van der Waals surface area contributed by atoms with Crippen molar-refractivity contribution in [3.05, 3.63) is 39.6 Å². The number of amides is 1. The first kappa shape index (κ1) is 20.8. The standard InChI is InChI=1S/C20H25NO5S/c1-5-7-17-13(6-2)10-18(27-17)20(23)26-12-19(22)21-15-9-8-14(24-3)11-16(15)25-4/h8-11H,5-7,12H2,1-4H3,(H,21,22). The number of ether oxygens (including phenoxy) is 3. The lowest BCUT2D eigenvalue weighted by Crippen LogP contribution is -2.21. The molecule has 0 radical (unpaired) electrons. The van der Waals surface area contributed by atoms with E-state index < -0.39 is 11.9 Å². The van der Waals surface area contributed by atoms with Crippen molar-refractivity contribution in [1.29, 1.82) is 0 Å². The van der Waals surface area contributed by atoms with E-state index in [9.17, 15) is 9.59 Å². The summed E-state index contributed by atoms with van der Waals surface area (Å²) >= 11 is 1.44. The molecule has 1 N–H and O–H groups in total. The molecule has 2 aromatic rings. The third-order valence-electron chi connectivity index (χ3n) is 3.97. The van der Waals surface area contributed by atoms with E-state index in [-0.39, 0.29) is 6.61 Å². The number of rotatable bonds is 9. The maximum Gasteiger partial charge on any atom is 0.348 e. The van der Waals surface area contributed by atoms with Crippen LogP contribution >= 0.6 is 11.3 Å². The highest BCUT2D eigenvalue weighted by Crippen LogP contribution is 2.29. The predicted molar refractivity (Wildman–Crippen MR) is 106 cm³/mol. The van der Waals surface area contributed by atoms with Crippen LogP contribution in [0, 0.1) is 0 Å². The lowest BCUT2D eigenvalue weighted by Gasteiger charge is -2.11. The topological polar surface area (TPSA) is 73.9 Å². The summed E-state index contributed by atoms with van der Waals surface area (Å²) in [6.45, 7) is 3.80. The second-order valence-electron chi connectivity index (χ2n) is 5.85. The number of methoxy groups -OCH3 is 2. The number of carbonyl (C=O) groups excluding carboxylic acids is 2. The molecule has 6 nitrogen and oxygen atoms in total. The van der Waals surface area contributed by atoms with Gasteiger partial charge in [0.25, 0.3) is 5.91 Å². The molecule has 0 unspecified atom stereocenters. The molecule has 1 amide bonds. The minimum Gasteiger partial charge on any atom is -0.497 e. The number of benzene rings is 1. The van der Waals surface area contributed by atoms with Gasteiger partial charge < -0.3 is 19.5 Å². The van der Waals surface area contributed by atoms with Gasteiger partial charge in [-0.3, -0.25) is 4.79 Å². The van der Waals surface area contributed by atoms with Crippen LogP contribution in [0.25, 0.3) is 0 Å². The Morgan fingerprint density at radius 3 is 2.52 bits per heavy atom. The van der Waals surface area contributed by atoms with Crippen molar-refractivity contribution in [2.75, 3.05) is 26.1 Å². The number of hydrogen-bond donors (Lipinski definition) is 1. The van der Waals surface area contributed by atoms with E-state index in [1.165, 1.54) is 28.9 Å². The van der Waals surface area contributed by atoms with Gasteiger partial charge in [0.1, 0.15) is 16.4 Å². The van der Waals surface area contributed by atoms with Crippen LogP contribution in [0.3, 0.4) is 0 Å². The maximum absolute atomic E-state index is 12.3. The largest absolute Gasteiger partial charge is 0.497 e. The second-order valence-corrected chi connectivity index (χ2v) is 6.99. The summed E-state index contributed by atoms with van der Waals surface area (Å²) in [5, 5.41) is 2.67. The minimum atomic E-state index is -0.478. The number of esters is 1. The number of carbonyl (C=O) groups is 2. The van der Waals surface area contributed by atoms with Crippen LogP contribution in [0.5, 0.6) is 11.5 Å². The van der Waals surface area contributed by atoms with Gasteiger partial charge in [-0.25, -0.2) is 4.79 Å². The van der Waals surface area contributed by atoms with Gasteiger partial charge in [-0.2, -0.15) is 0 Å². The van der Waals surface area contributed by atoms with Crippen molar-refractivity contribution in [3.63, 3.8) is 0 Å². The monoisotopic (exact) mass is 391 g/mol. The van der Waals surface area contributed by atoms with Gasteiger partial charge in [0, 0.05) is 10.9 Å². The zero-order valence-corrected chi connectivity index (χ0v) is 16.9. The summed E-state index contributed by atoms with van der Waals surface area (Å²) in [5.74, 6) is 0.162. The average molecular weight is 391 g/mol. The Morgan fingerprint density at radius 2 is 1.89 bits per heavy atom. The molecule has 0 aliphatic rings. The van der Waals surface area contributed by atoms with Gasteiger partial charge in [-0.15, -0.1) is 11.3 Å². The van der Waals surface area contributed by atoms with E-state index in [4.69, 9.17) is 14.2 Å². The van der Waals surface area contributed by atoms with E-state index in [0.29, 0.717) is 22.1 Å². The molecule has 1 aromatic heterocycles. The van der Waals surface area contributed by atoms with Crippen LogP contribution < -0.4 is 14.8 Å². The summed E-state index contributed by atoms with van der Waals surface area (Å²) < 4.78 is 15.5. The van der Waals surface area contributed by atoms with Crippen LogP contribution in [0.2, 0.25) is 0 Å². The number of anilines is 1. The molecule has 0 bridgehead atoms. The van der Waals surface area contributed by atoms with E-state index in [1.54, 1.807) is 25.3 Å². The van der Waals surface area contributed by atoms with Crippen LogP contribution in [0.15, 0.2) is 24.3 Å². The quantitative estimate of drug-likeness (QED) is 0.652. The zero-order chi connectivity index (χ0) is 19.8. The molecule has 0 saturated carbocycles. The van der Waals surface area contributed by atoms with E-state index in [1.807, 2.05) is 6.07 Å². The molecule has 2 rings (SSSR count). The number of hydrogen-bond acceptors (Lipinski definition) is 6. The Kier molecular flexibility index (Phi) is 7.67. The van der Waals surface area contributed by atoms with Gasteiger partial charge >= 0.3 is 5.97 Å². The molecule has 1 aromatic carbocycles. The lowest BCUT2D eigenvalue weighted by atomic mass is 10.1. The van der Waals surface area contributed by atoms with Crippen molar-refractivity contribution in [2.24, 2.45) is 0 Å². The van der Waals surface area contributed by atoms with Crippen LogP contribution in [0.4, 0.5) is 5.69 Å². The fraction of sp³-hybridized carbons (Fsp3) is 0.400. The molecule has 27 heavy (non-hydrogen) atoms. The van der Waals surface area contributed by atoms with Gasteiger partial charge in [-0.05, 0) is 36.6 Å². The number of aryl methyl sites for hydroxylation is 2. The highest BCUT2D eigenvalue weighted by atomic mass is 32.1. The fourth-order valence-electron chi connectivity index (χ4n) is 2.60. The van der Waals surface area contributed by atoms with Crippen molar-refractivity contribution >= 4 is 28.9 Å². The average Bonchev–Trinajstić information content (AvgIpc) is 3.09. The van der Waals surface area contributed by atoms with Gasteiger partial charge in [0.15, 0.2) is 6.61 Å². The summed E-state index contributed by atoms with van der Waals surface area (Å²) in [6, 6.07) is 6.90. The first-order valence-electron chi connectivity index (χ1n) is 8.82. The predicted octanol–water partition coefficient (Wildman–Crippen LogP) is 4.08. The lowest BCUT2D eigenvalue weighted by molar-refractivity contribution is -0.119. The minimum absolute atomic E-state index is 0.365. The van der Waals surface area contributed by atoms with Gasteiger partial charge in [0.05, 0.1) is 19.9 Å². The maximum atomic E-state index is 12.3. The summed E-state index contributed by atoms with van der Waals surface area (Å²) in [4.78, 5) is 26.1. The Labute approximate surface area is 163 Å². The molecule has 0 aliphatic carbocycles. The SMILES string of the molecule is CCCc1sc(C(=O)OCC(=O)Nc2ccc(OC)cc2OC)cc1CC. The first-order chi connectivity index (χ1) is 13.0. The number of nitrogens with one attached hydrogen (secondary N) is 1. The Hall–Kier alpha value is -2.54. The summed E-state index contributed by atoms with van der Waals surface area (Å²) in [5.41, 5.74) is 1.65. The summed E-state index contributed by atoms with van der Waals surface area (Å²) in [6.07, 6.45) is 2.84. The molecule has 0 atom stereocenters. The fourth-order valence-corrected chi connectivity index (χ4v) is 3.84. The Morgan fingerprint density at radius 1 is 1.11 bits per heavy atom. The molecule has 146 valence electrons. The highest BCUT2D eigenvalue weighted by Gasteiger charge is 2.17. The molecular formula is C20H25NO5S. The molecular weight excluding hydrogens is 366 g/mol. The second kappa shape index (κ2) is 9.97. The van der Waals surface area contributed by atoms with Crippen molar-refractivity contribution < 1.29 is 23.8 Å². The van der Waals surface area contributed by atoms with Crippen molar-refractivity contribution in [3.8, 4) is 11.5 Å². The molecule has 0 fully saturated rings. The third-order valence-corrected chi connectivity index (χ3v) is 5.19. The normalized spacial score (nSPS) is 10.4. The molecule has 0 aliphatic heterocycles. The van der Waals surface area contributed by atoms with Gasteiger partial charge in [-0.1, -0.05) is 20.3 Å². The van der Waals surface area contributed by atoms with Crippen LogP contribution in [-0.2, 0) is 22.4 Å². The molecule has 0 saturated heterocycles. The van der Waals surface area contributed by atoms with Crippen molar-refractivity contribution in [2.45, 2.75) is 33.1 Å². The highest BCUT2D eigenvalue weighted by molar-refractivity contribution is 7.14. The zero-order valence-electron chi connectivity index (χ0n) is 16.1.